The molecule has 1 saturated carbocycles. The van der Waals surface area contributed by atoms with E-state index in [-0.39, 0.29) is 11.7 Å². The molecule has 25 heavy (non-hydrogen) atoms. The summed E-state index contributed by atoms with van der Waals surface area (Å²) in [5, 5.41) is 12.1. The van der Waals surface area contributed by atoms with E-state index in [1.54, 1.807) is 6.07 Å². The van der Waals surface area contributed by atoms with E-state index in [1.165, 1.54) is 24.6 Å². The number of fused-ring (bicyclic) bond motifs is 1. The van der Waals surface area contributed by atoms with Gasteiger partial charge < -0.3 is 19.4 Å². The number of carbonyl (C=O) groups excluding carboxylic acids is 1. The maximum atomic E-state index is 12.3. The van der Waals surface area contributed by atoms with Gasteiger partial charge in [0, 0.05) is 29.6 Å². The molecule has 2 aromatic rings. The molecule has 0 saturated heterocycles. The van der Waals surface area contributed by atoms with E-state index < -0.39 is 0 Å². The zero-order valence-corrected chi connectivity index (χ0v) is 16.0. The van der Waals surface area contributed by atoms with E-state index in [9.17, 15) is 4.79 Å². The summed E-state index contributed by atoms with van der Waals surface area (Å²) in [6, 6.07) is 3.58. The molecule has 4 rings (SSSR count). The number of thioether (sulfide) groups is 1. The van der Waals surface area contributed by atoms with Crippen molar-refractivity contribution in [1.29, 1.82) is 0 Å². The monoisotopic (exact) mass is 424 g/mol. The molecule has 1 aliphatic carbocycles. The summed E-state index contributed by atoms with van der Waals surface area (Å²) in [4.78, 5) is 12.3. The summed E-state index contributed by atoms with van der Waals surface area (Å²) in [5.41, 5.74) is 0.659. The highest BCUT2D eigenvalue weighted by molar-refractivity contribution is 9.10. The molecule has 0 spiro atoms. The Morgan fingerprint density at radius 1 is 1.32 bits per heavy atom. The van der Waals surface area contributed by atoms with Crippen LogP contribution in [0.15, 0.2) is 21.8 Å². The summed E-state index contributed by atoms with van der Waals surface area (Å²) in [6.45, 7) is 1.04. The number of halogens is 1. The first-order chi connectivity index (χ1) is 12.1. The SMILES string of the molecule is Cn1c(SCC(=O)Nc2cc3c(cc2Br)OCCO3)nnc1C1CC1. The molecule has 7 nitrogen and oxygen atoms in total. The average molecular weight is 425 g/mol. The van der Waals surface area contributed by atoms with E-state index in [2.05, 4.69) is 31.4 Å². The fourth-order valence-electron chi connectivity index (χ4n) is 2.63. The van der Waals surface area contributed by atoms with Crippen molar-refractivity contribution in [2.24, 2.45) is 7.05 Å². The Morgan fingerprint density at radius 3 is 2.76 bits per heavy atom. The maximum absolute atomic E-state index is 12.3. The highest BCUT2D eigenvalue weighted by Crippen LogP contribution is 2.40. The number of benzene rings is 1. The standard InChI is InChI=1S/C16H17BrN4O3S/c1-21-15(9-2-3-9)19-20-16(21)25-8-14(22)18-11-7-13-12(6-10(11)17)23-4-5-24-13/h6-7,9H,2-5,8H2,1H3,(H,18,22). The van der Waals surface area contributed by atoms with Crippen molar-refractivity contribution in [2.75, 3.05) is 24.3 Å². The molecule has 0 atom stereocenters. The van der Waals surface area contributed by atoms with Gasteiger partial charge in [0.05, 0.1) is 11.4 Å². The summed E-state index contributed by atoms with van der Waals surface area (Å²) in [7, 11) is 1.95. The highest BCUT2D eigenvalue weighted by atomic mass is 79.9. The van der Waals surface area contributed by atoms with Crippen LogP contribution < -0.4 is 14.8 Å². The first kappa shape index (κ1) is 16.7. The van der Waals surface area contributed by atoms with Crippen LogP contribution in [0.3, 0.4) is 0 Å². The van der Waals surface area contributed by atoms with Crippen LogP contribution in [-0.2, 0) is 11.8 Å². The van der Waals surface area contributed by atoms with E-state index in [1.807, 2.05) is 17.7 Å². The number of hydrogen-bond acceptors (Lipinski definition) is 6. The Hall–Kier alpha value is -1.74. The second kappa shape index (κ2) is 6.87. The molecule has 0 unspecified atom stereocenters. The largest absolute Gasteiger partial charge is 0.486 e. The number of nitrogens with zero attached hydrogens (tertiary/aromatic N) is 3. The van der Waals surface area contributed by atoms with E-state index in [0.717, 1.165) is 15.5 Å². The lowest BCUT2D eigenvalue weighted by Gasteiger charge is -2.20. The van der Waals surface area contributed by atoms with E-state index in [0.29, 0.717) is 36.3 Å². The van der Waals surface area contributed by atoms with E-state index in [4.69, 9.17) is 9.47 Å². The number of hydrogen-bond donors (Lipinski definition) is 1. The van der Waals surface area contributed by atoms with Gasteiger partial charge in [-0.3, -0.25) is 4.79 Å². The lowest BCUT2D eigenvalue weighted by atomic mass is 10.2. The molecule has 2 heterocycles. The van der Waals surface area contributed by atoms with Crippen molar-refractivity contribution in [3.05, 3.63) is 22.4 Å². The van der Waals surface area contributed by atoms with Crippen LogP contribution in [0.1, 0.15) is 24.6 Å². The van der Waals surface area contributed by atoms with Crippen molar-refractivity contribution in [2.45, 2.75) is 23.9 Å². The first-order valence-corrected chi connectivity index (χ1v) is 9.81. The second-order valence-corrected chi connectivity index (χ2v) is 7.78. The van der Waals surface area contributed by atoms with Crippen molar-refractivity contribution in [3.63, 3.8) is 0 Å². The molecule has 1 amide bonds. The van der Waals surface area contributed by atoms with Gasteiger partial charge in [-0.1, -0.05) is 11.8 Å². The zero-order valence-electron chi connectivity index (χ0n) is 13.6. The van der Waals surface area contributed by atoms with Gasteiger partial charge in [-0.05, 0) is 28.8 Å². The molecular formula is C16H17BrN4O3S. The topological polar surface area (TPSA) is 78.3 Å². The van der Waals surface area contributed by atoms with Gasteiger partial charge in [-0.2, -0.15) is 0 Å². The lowest BCUT2D eigenvalue weighted by Crippen LogP contribution is -2.17. The molecule has 2 aliphatic rings. The molecule has 9 heteroatoms. The minimum absolute atomic E-state index is 0.113. The quantitative estimate of drug-likeness (QED) is 0.743. The average Bonchev–Trinajstić information content (AvgIpc) is 3.37. The third kappa shape index (κ3) is 3.62. The van der Waals surface area contributed by atoms with Gasteiger partial charge in [0.15, 0.2) is 16.7 Å². The Labute approximate surface area is 157 Å². The Kier molecular flexibility index (Phi) is 4.60. The molecular weight excluding hydrogens is 408 g/mol. The van der Waals surface area contributed by atoms with Crippen LogP contribution >= 0.6 is 27.7 Å². The van der Waals surface area contributed by atoms with E-state index >= 15 is 0 Å². The fourth-order valence-corrected chi connectivity index (χ4v) is 3.76. The molecule has 1 fully saturated rings. The fraction of sp³-hybridized carbons (Fsp3) is 0.438. The number of rotatable bonds is 5. The van der Waals surface area contributed by atoms with Crippen molar-refractivity contribution in [3.8, 4) is 11.5 Å². The predicted molar refractivity (Wildman–Crippen MR) is 97.5 cm³/mol. The summed E-state index contributed by atoms with van der Waals surface area (Å²) in [6.07, 6.45) is 2.35. The van der Waals surface area contributed by atoms with Crippen molar-refractivity contribution >= 4 is 39.3 Å². The van der Waals surface area contributed by atoms with Gasteiger partial charge >= 0.3 is 0 Å². The summed E-state index contributed by atoms with van der Waals surface area (Å²) >= 11 is 4.84. The molecule has 1 aromatic carbocycles. The highest BCUT2D eigenvalue weighted by Gasteiger charge is 2.29. The number of amides is 1. The number of anilines is 1. The Bertz CT molecular complexity index is 822. The minimum Gasteiger partial charge on any atom is -0.486 e. The normalized spacial score (nSPS) is 15.9. The molecule has 1 aromatic heterocycles. The van der Waals surface area contributed by atoms with Gasteiger partial charge in [0.2, 0.25) is 5.91 Å². The van der Waals surface area contributed by atoms with Gasteiger partial charge in [0.25, 0.3) is 0 Å². The van der Waals surface area contributed by atoms with Crippen LogP contribution in [0.5, 0.6) is 11.5 Å². The smallest absolute Gasteiger partial charge is 0.234 e. The Balaban J connectivity index is 1.39. The molecule has 0 bridgehead atoms. The number of carbonyl (C=O) groups is 1. The summed E-state index contributed by atoms with van der Waals surface area (Å²) in [5.74, 6) is 3.01. The van der Waals surface area contributed by atoms with Crippen LogP contribution in [0.25, 0.3) is 0 Å². The van der Waals surface area contributed by atoms with Gasteiger partial charge in [-0.15, -0.1) is 10.2 Å². The van der Waals surface area contributed by atoms with Gasteiger partial charge in [-0.25, -0.2) is 0 Å². The van der Waals surface area contributed by atoms with Crippen LogP contribution in [0.4, 0.5) is 5.69 Å². The second-order valence-electron chi connectivity index (χ2n) is 5.99. The Morgan fingerprint density at radius 2 is 2.04 bits per heavy atom. The first-order valence-electron chi connectivity index (χ1n) is 8.03. The van der Waals surface area contributed by atoms with Crippen molar-refractivity contribution in [1.82, 2.24) is 14.8 Å². The minimum atomic E-state index is -0.113. The number of ether oxygens (including phenoxy) is 2. The predicted octanol–water partition coefficient (Wildman–Crippen LogP) is 2.96. The summed E-state index contributed by atoms with van der Waals surface area (Å²) < 4.78 is 13.8. The van der Waals surface area contributed by atoms with Crippen LogP contribution in [0, 0.1) is 0 Å². The van der Waals surface area contributed by atoms with Gasteiger partial charge in [0.1, 0.15) is 19.0 Å². The third-order valence-electron chi connectivity index (χ3n) is 4.05. The maximum Gasteiger partial charge on any atom is 0.234 e. The zero-order chi connectivity index (χ0) is 17.4. The van der Waals surface area contributed by atoms with Crippen molar-refractivity contribution < 1.29 is 14.3 Å². The molecule has 1 aliphatic heterocycles. The lowest BCUT2D eigenvalue weighted by molar-refractivity contribution is -0.113. The number of aromatic nitrogens is 3. The van der Waals surface area contributed by atoms with Crippen LogP contribution in [-0.4, -0.2) is 39.6 Å². The van der Waals surface area contributed by atoms with Crippen LogP contribution in [0.2, 0.25) is 0 Å². The third-order valence-corrected chi connectivity index (χ3v) is 5.73. The number of nitrogens with one attached hydrogen (secondary N) is 1. The molecule has 132 valence electrons. The molecule has 1 N–H and O–H groups in total. The molecule has 0 radical (unpaired) electrons.